The van der Waals surface area contributed by atoms with Gasteiger partial charge in [0.1, 0.15) is 0 Å². The summed E-state index contributed by atoms with van der Waals surface area (Å²) in [5, 5.41) is 0. The zero-order valence-corrected chi connectivity index (χ0v) is 11.3. The van der Waals surface area contributed by atoms with Crippen LogP contribution in [-0.2, 0) is 14.9 Å². The summed E-state index contributed by atoms with van der Waals surface area (Å²) < 4.78 is 4.67. The molecule has 0 radical (unpaired) electrons. The van der Waals surface area contributed by atoms with Crippen LogP contribution in [0.5, 0.6) is 0 Å². The third kappa shape index (κ3) is 3.57. The molecule has 0 bridgehead atoms. The van der Waals surface area contributed by atoms with Crippen LogP contribution in [0.25, 0.3) is 0 Å². The van der Waals surface area contributed by atoms with Gasteiger partial charge in [-0.05, 0) is 24.8 Å². The van der Waals surface area contributed by atoms with Crippen LogP contribution in [0, 0.1) is 0 Å². The first-order valence-electron chi connectivity index (χ1n) is 6.51. The largest absolute Gasteiger partial charge is 0.469 e. The molecule has 0 aromatic heterocycles. The summed E-state index contributed by atoms with van der Waals surface area (Å²) in [6.45, 7) is 2.76. The van der Waals surface area contributed by atoms with Crippen molar-refractivity contribution in [3.05, 3.63) is 35.9 Å². The number of hydrogen-bond donors (Lipinski definition) is 1. The highest BCUT2D eigenvalue weighted by Gasteiger charge is 2.28. The Balaban J connectivity index is 2.72. The molecule has 0 aliphatic rings. The van der Waals surface area contributed by atoms with Gasteiger partial charge in [-0.3, -0.25) is 4.79 Å². The maximum absolute atomic E-state index is 11.2. The molecule has 0 saturated heterocycles. The maximum atomic E-state index is 11.2. The Kier molecular flexibility index (Phi) is 5.86. The SMILES string of the molecule is CCC(CN)(CCCC(=O)OC)c1ccccc1. The first-order chi connectivity index (χ1) is 8.68. The average molecular weight is 249 g/mol. The molecule has 0 spiro atoms. The lowest BCUT2D eigenvalue weighted by Crippen LogP contribution is -2.34. The fourth-order valence-corrected chi connectivity index (χ4v) is 2.35. The van der Waals surface area contributed by atoms with Gasteiger partial charge in [-0.25, -0.2) is 0 Å². The molecule has 0 saturated carbocycles. The van der Waals surface area contributed by atoms with E-state index in [-0.39, 0.29) is 11.4 Å². The monoisotopic (exact) mass is 249 g/mol. The molecule has 3 nitrogen and oxygen atoms in total. The van der Waals surface area contributed by atoms with Crippen LogP contribution in [0.2, 0.25) is 0 Å². The zero-order valence-electron chi connectivity index (χ0n) is 11.3. The Bertz CT molecular complexity index is 358. The molecule has 1 unspecified atom stereocenters. The highest BCUT2D eigenvalue weighted by atomic mass is 16.5. The number of methoxy groups -OCH3 is 1. The minimum atomic E-state index is -0.148. The first kappa shape index (κ1) is 14.7. The maximum Gasteiger partial charge on any atom is 0.305 e. The van der Waals surface area contributed by atoms with Gasteiger partial charge in [-0.1, -0.05) is 37.3 Å². The zero-order chi connectivity index (χ0) is 13.4. The summed E-state index contributed by atoms with van der Waals surface area (Å²) in [6.07, 6.45) is 3.17. The Morgan fingerprint density at radius 3 is 2.50 bits per heavy atom. The molecule has 2 N–H and O–H groups in total. The van der Waals surface area contributed by atoms with Crippen molar-refractivity contribution in [1.29, 1.82) is 0 Å². The molecule has 0 fully saturated rings. The van der Waals surface area contributed by atoms with Crippen LogP contribution in [-0.4, -0.2) is 19.6 Å². The third-order valence-electron chi connectivity index (χ3n) is 3.72. The van der Waals surface area contributed by atoms with E-state index in [0.29, 0.717) is 13.0 Å². The minimum absolute atomic E-state index is 0.0186. The molecule has 0 heterocycles. The van der Waals surface area contributed by atoms with Crippen molar-refractivity contribution in [3.63, 3.8) is 0 Å². The summed E-state index contributed by atoms with van der Waals surface area (Å²) in [5.74, 6) is -0.148. The Morgan fingerprint density at radius 1 is 1.33 bits per heavy atom. The van der Waals surface area contributed by atoms with Gasteiger partial charge in [-0.15, -0.1) is 0 Å². The molecule has 0 amide bonds. The number of rotatable bonds is 7. The van der Waals surface area contributed by atoms with Crippen molar-refractivity contribution in [2.45, 2.75) is 38.0 Å². The van der Waals surface area contributed by atoms with E-state index in [0.717, 1.165) is 19.3 Å². The molecule has 0 aliphatic heterocycles. The van der Waals surface area contributed by atoms with E-state index in [2.05, 4.69) is 23.8 Å². The fourth-order valence-electron chi connectivity index (χ4n) is 2.35. The van der Waals surface area contributed by atoms with E-state index in [1.807, 2.05) is 18.2 Å². The van der Waals surface area contributed by atoms with Gasteiger partial charge in [0, 0.05) is 18.4 Å². The van der Waals surface area contributed by atoms with Crippen LogP contribution < -0.4 is 5.73 Å². The normalized spacial score (nSPS) is 13.9. The summed E-state index contributed by atoms with van der Waals surface area (Å²) in [4.78, 5) is 11.2. The standard InChI is InChI=1S/C15H23NO2/c1-3-15(12-16,11-7-10-14(17)18-2)13-8-5-4-6-9-13/h4-6,8-9H,3,7,10-12,16H2,1-2H3. The number of esters is 1. The Labute approximate surface area is 109 Å². The lowest BCUT2D eigenvalue weighted by atomic mass is 9.74. The predicted molar refractivity (Wildman–Crippen MR) is 73.3 cm³/mol. The van der Waals surface area contributed by atoms with E-state index >= 15 is 0 Å². The number of ether oxygens (including phenoxy) is 1. The number of benzene rings is 1. The molecule has 3 heteroatoms. The van der Waals surface area contributed by atoms with Gasteiger partial charge < -0.3 is 10.5 Å². The smallest absolute Gasteiger partial charge is 0.305 e. The van der Waals surface area contributed by atoms with Crippen LogP contribution >= 0.6 is 0 Å². The van der Waals surface area contributed by atoms with Crippen LogP contribution in [0.15, 0.2) is 30.3 Å². The van der Waals surface area contributed by atoms with Gasteiger partial charge in [-0.2, -0.15) is 0 Å². The highest BCUT2D eigenvalue weighted by Crippen LogP contribution is 2.32. The summed E-state index contributed by atoms with van der Waals surface area (Å²) in [6, 6.07) is 10.3. The second kappa shape index (κ2) is 7.17. The van der Waals surface area contributed by atoms with Crippen LogP contribution in [0.1, 0.15) is 38.2 Å². The van der Waals surface area contributed by atoms with Crippen LogP contribution in [0.3, 0.4) is 0 Å². The molecule has 1 rings (SSSR count). The van der Waals surface area contributed by atoms with Crippen LogP contribution in [0.4, 0.5) is 0 Å². The number of hydrogen-bond acceptors (Lipinski definition) is 3. The molecule has 1 aromatic carbocycles. The third-order valence-corrected chi connectivity index (χ3v) is 3.72. The van der Waals surface area contributed by atoms with Gasteiger partial charge in [0.05, 0.1) is 7.11 Å². The van der Waals surface area contributed by atoms with Gasteiger partial charge in [0.25, 0.3) is 0 Å². The van der Waals surface area contributed by atoms with Gasteiger partial charge >= 0.3 is 5.97 Å². The van der Waals surface area contributed by atoms with E-state index in [1.165, 1.54) is 12.7 Å². The molecular formula is C15H23NO2. The van der Waals surface area contributed by atoms with Gasteiger partial charge in [0.15, 0.2) is 0 Å². The van der Waals surface area contributed by atoms with Crippen molar-refractivity contribution >= 4 is 5.97 Å². The van der Waals surface area contributed by atoms with E-state index in [4.69, 9.17) is 5.73 Å². The second-order valence-electron chi connectivity index (χ2n) is 4.63. The first-order valence-corrected chi connectivity index (χ1v) is 6.51. The summed E-state index contributed by atoms with van der Waals surface area (Å²) >= 11 is 0. The van der Waals surface area contributed by atoms with Crippen molar-refractivity contribution in [2.24, 2.45) is 5.73 Å². The molecule has 1 aromatic rings. The fraction of sp³-hybridized carbons (Fsp3) is 0.533. The van der Waals surface area contributed by atoms with E-state index < -0.39 is 0 Å². The van der Waals surface area contributed by atoms with Crippen molar-refractivity contribution in [1.82, 2.24) is 0 Å². The van der Waals surface area contributed by atoms with E-state index in [9.17, 15) is 4.79 Å². The number of nitrogens with two attached hydrogens (primary N) is 1. The molecular weight excluding hydrogens is 226 g/mol. The van der Waals surface area contributed by atoms with Crippen molar-refractivity contribution in [2.75, 3.05) is 13.7 Å². The second-order valence-corrected chi connectivity index (χ2v) is 4.63. The minimum Gasteiger partial charge on any atom is -0.469 e. The Hall–Kier alpha value is -1.35. The summed E-state index contributed by atoms with van der Waals surface area (Å²) in [7, 11) is 1.43. The number of carbonyl (C=O) groups is 1. The van der Waals surface area contributed by atoms with Crippen molar-refractivity contribution in [3.8, 4) is 0 Å². The molecule has 0 aliphatic carbocycles. The number of carbonyl (C=O) groups excluding carboxylic acids is 1. The highest BCUT2D eigenvalue weighted by molar-refractivity contribution is 5.69. The molecule has 1 atom stereocenters. The lowest BCUT2D eigenvalue weighted by Gasteiger charge is -2.32. The topological polar surface area (TPSA) is 52.3 Å². The average Bonchev–Trinajstić information content (AvgIpc) is 2.44. The quantitative estimate of drug-likeness (QED) is 0.756. The van der Waals surface area contributed by atoms with E-state index in [1.54, 1.807) is 0 Å². The predicted octanol–water partition coefficient (Wildman–Crippen LogP) is 2.64. The Morgan fingerprint density at radius 2 is 2.00 bits per heavy atom. The summed E-state index contributed by atoms with van der Waals surface area (Å²) in [5.41, 5.74) is 7.23. The van der Waals surface area contributed by atoms with Crippen molar-refractivity contribution < 1.29 is 9.53 Å². The molecule has 100 valence electrons. The van der Waals surface area contributed by atoms with Gasteiger partial charge in [0.2, 0.25) is 0 Å². The lowest BCUT2D eigenvalue weighted by molar-refractivity contribution is -0.140. The molecule has 18 heavy (non-hydrogen) atoms.